The monoisotopic (exact) mass is 399 g/mol. The molecule has 0 bridgehead atoms. The van der Waals surface area contributed by atoms with E-state index in [1.807, 2.05) is 6.92 Å². The second kappa shape index (κ2) is 4.79. The van der Waals surface area contributed by atoms with Gasteiger partial charge in [0.1, 0.15) is 0 Å². The molecule has 1 aliphatic rings. The van der Waals surface area contributed by atoms with Crippen LogP contribution >= 0.6 is 55.0 Å². The largest absolute Gasteiger partial charge is 0.300 e. The molecular formula is C9H11Br2N3OS2. The summed E-state index contributed by atoms with van der Waals surface area (Å²) in [4.78, 5) is 12.0. The van der Waals surface area contributed by atoms with Gasteiger partial charge in [-0.1, -0.05) is 61.9 Å². The van der Waals surface area contributed by atoms with Gasteiger partial charge in [-0.2, -0.15) is 0 Å². The van der Waals surface area contributed by atoms with Gasteiger partial charge in [-0.05, 0) is 19.1 Å². The van der Waals surface area contributed by atoms with Gasteiger partial charge in [0.2, 0.25) is 11.0 Å². The molecule has 2 rings (SSSR count). The fourth-order valence-electron chi connectivity index (χ4n) is 1.32. The summed E-state index contributed by atoms with van der Waals surface area (Å²) in [6.45, 7) is 3.97. The number of anilines is 1. The number of alkyl halides is 2. The molecule has 1 fully saturated rings. The molecule has 4 nitrogen and oxygen atoms in total. The van der Waals surface area contributed by atoms with E-state index in [4.69, 9.17) is 0 Å². The number of amides is 1. The van der Waals surface area contributed by atoms with Crippen LogP contribution in [-0.2, 0) is 4.79 Å². The van der Waals surface area contributed by atoms with E-state index < -0.39 is 5.41 Å². The van der Waals surface area contributed by atoms with E-state index in [9.17, 15) is 4.79 Å². The molecule has 1 aliphatic carbocycles. The van der Waals surface area contributed by atoms with Gasteiger partial charge in [0.15, 0.2) is 4.34 Å². The minimum absolute atomic E-state index is 0.0320. The van der Waals surface area contributed by atoms with E-state index in [2.05, 4.69) is 54.3 Å². The molecule has 0 aromatic carbocycles. The molecule has 1 unspecified atom stereocenters. The first-order valence-corrected chi connectivity index (χ1v) is 8.43. The van der Waals surface area contributed by atoms with Gasteiger partial charge in [0.05, 0.1) is 8.65 Å². The lowest BCUT2D eigenvalue weighted by Gasteiger charge is -2.10. The number of hydrogen-bond donors (Lipinski definition) is 1. The van der Waals surface area contributed by atoms with Crippen molar-refractivity contribution in [3.8, 4) is 0 Å². The number of halogens is 2. The van der Waals surface area contributed by atoms with Crippen LogP contribution in [0.3, 0.4) is 0 Å². The van der Waals surface area contributed by atoms with E-state index in [1.165, 1.54) is 11.3 Å². The molecular weight excluding hydrogens is 390 g/mol. The van der Waals surface area contributed by atoms with Crippen molar-refractivity contribution in [3.63, 3.8) is 0 Å². The van der Waals surface area contributed by atoms with Crippen molar-refractivity contribution in [1.29, 1.82) is 0 Å². The molecule has 1 aromatic heterocycles. The second-order valence-electron chi connectivity index (χ2n) is 3.97. The maximum Gasteiger partial charge on any atom is 0.234 e. The first kappa shape index (κ1) is 13.8. The second-order valence-corrected chi connectivity index (χ2v) is 10.2. The molecule has 1 saturated carbocycles. The van der Waals surface area contributed by atoms with Crippen molar-refractivity contribution in [2.75, 3.05) is 11.1 Å². The summed E-state index contributed by atoms with van der Waals surface area (Å²) in [5.74, 6) is 0.919. The highest BCUT2D eigenvalue weighted by Crippen LogP contribution is 2.66. The van der Waals surface area contributed by atoms with E-state index in [-0.39, 0.29) is 9.14 Å². The summed E-state index contributed by atoms with van der Waals surface area (Å²) in [6.07, 6.45) is 0.765. The fourth-order valence-corrected chi connectivity index (χ4v) is 4.45. The Morgan fingerprint density at radius 2 is 2.24 bits per heavy atom. The van der Waals surface area contributed by atoms with Gasteiger partial charge in [-0.15, -0.1) is 10.2 Å². The van der Waals surface area contributed by atoms with Crippen LogP contribution in [0, 0.1) is 5.41 Å². The predicted molar refractivity (Wildman–Crippen MR) is 78.2 cm³/mol. The Labute approximate surface area is 125 Å². The number of carbonyl (C=O) groups excluding carboxylic acids is 1. The van der Waals surface area contributed by atoms with Gasteiger partial charge < -0.3 is 0 Å². The summed E-state index contributed by atoms with van der Waals surface area (Å²) in [5.41, 5.74) is -0.420. The lowest BCUT2D eigenvalue weighted by molar-refractivity contribution is -0.120. The number of thioether (sulfide) groups is 1. The van der Waals surface area contributed by atoms with Crippen molar-refractivity contribution in [2.45, 2.75) is 27.8 Å². The Hall–Kier alpha value is 0.340. The SMILES string of the molecule is CCSc1nnc(NC(=O)C2(C)CC2(Br)Br)s1. The number of hydrogen-bond acceptors (Lipinski definition) is 5. The average molecular weight is 401 g/mol. The number of nitrogens with zero attached hydrogens (tertiary/aromatic N) is 2. The molecule has 0 saturated heterocycles. The number of carbonyl (C=O) groups is 1. The number of aromatic nitrogens is 2. The molecule has 17 heavy (non-hydrogen) atoms. The Kier molecular flexibility index (Phi) is 3.88. The van der Waals surface area contributed by atoms with Crippen molar-refractivity contribution < 1.29 is 4.79 Å². The maximum absolute atomic E-state index is 12.0. The third-order valence-corrected chi connectivity index (χ3v) is 6.82. The lowest BCUT2D eigenvalue weighted by Crippen LogP contribution is -2.25. The average Bonchev–Trinajstić information content (AvgIpc) is 2.61. The molecule has 1 N–H and O–H groups in total. The number of nitrogens with one attached hydrogen (secondary N) is 1. The van der Waals surface area contributed by atoms with E-state index in [1.54, 1.807) is 11.8 Å². The smallest absolute Gasteiger partial charge is 0.234 e. The molecule has 1 aromatic rings. The van der Waals surface area contributed by atoms with E-state index in [0.29, 0.717) is 5.13 Å². The summed E-state index contributed by atoms with van der Waals surface area (Å²) in [6, 6.07) is 0. The zero-order chi connectivity index (χ0) is 12.7. The molecule has 1 heterocycles. The minimum Gasteiger partial charge on any atom is -0.300 e. The van der Waals surface area contributed by atoms with Gasteiger partial charge >= 0.3 is 0 Å². The standard InChI is InChI=1S/C9H11Br2N3OS2/c1-3-16-7-14-13-6(17-7)12-5(15)8(2)4-9(8,10)11/h3-4H2,1-2H3,(H,12,13,15). The first-order valence-electron chi connectivity index (χ1n) is 5.04. The quantitative estimate of drug-likeness (QED) is 0.477. The van der Waals surface area contributed by atoms with Crippen LogP contribution in [0.4, 0.5) is 5.13 Å². The van der Waals surface area contributed by atoms with Crippen LogP contribution in [0.25, 0.3) is 0 Å². The van der Waals surface area contributed by atoms with Crippen LogP contribution in [0.1, 0.15) is 20.3 Å². The molecule has 0 aliphatic heterocycles. The Balaban J connectivity index is 1.99. The lowest BCUT2D eigenvalue weighted by atomic mass is 10.1. The summed E-state index contributed by atoms with van der Waals surface area (Å²) in [7, 11) is 0. The summed E-state index contributed by atoms with van der Waals surface area (Å²) < 4.78 is 0.607. The summed E-state index contributed by atoms with van der Waals surface area (Å²) in [5, 5.41) is 11.3. The van der Waals surface area contributed by atoms with Gasteiger partial charge in [0, 0.05) is 0 Å². The predicted octanol–water partition coefficient (Wildman–Crippen LogP) is 3.48. The molecule has 1 amide bonds. The molecule has 0 radical (unpaired) electrons. The number of rotatable bonds is 4. The van der Waals surface area contributed by atoms with Crippen LogP contribution in [-0.4, -0.2) is 25.1 Å². The van der Waals surface area contributed by atoms with Gasteiger partial charge in [-0.3, -0.25) is 10.1 Å². The van der Waals surface area contributed by atoms with E-state index >= 15 is 0 Å². The van der Waals surface area contributed by atoms with Crippen molar-refractivity contribution in [2.24, 2.45) is 5.41 Å². The molecule has 0 spiro atoms. The van der Waals surface area contributed by atoms with Crippen molar-refractivity contribution in [1.82, 2.24) is 10.2 Å². The topological polar surface area (TPSA) is 54.9 Å². The van der Waals surface area contributed by atoms with Gasteiger partial charge in [-0.25, -0.2) is 0 Å². The zero-order valence-corrected chi connectivity index (χ0v) is 14.1. The van der Waals surface area contributed by atoms with Crippen molar-refractivity contribution in [3.05, 3.63) is 0 Å². The molecule has 8 heteroatoms. The first-order chi connectivity index (χ1) is 7.89. The Bertz CT molecular complexity index is 451. The fraction of sp³-hybridized carbons (Fsp3) is 0.667. The highest BCUT2D eigenvalue weighted by molar-refractivity contribution is 9.25. The molecule has 1 atom stereocenters. The van der Waals surface area contributed by atoms with Crippen molar-refractivity contribution >= 4 is 66.0 Å². The zero-order valence-electron chi connectivity index (χ0n) is 9.29. The summed E-state index contributed by atoms with van der Waals surface area (Å²) >= 11 is 9.97. The van der Waals surface area contributed by atoms with Crippen LogP contribution in [0.2, 0.25) is 0 Å². The molecule has 94 valence electrons. The normalized spacial score (nSPS) is 25.6. The van der Waals surface area contributed by atoms with Crippen LogP contribution in [0.5, 0.6) is 0 Å². The van der Waals surface area contributed by atoms with Crippen LogP contribution < -0.4 is 5.32 Å². The third kappa shape index (κ3) is 2.69. The maximum atomic E-state index is 12.0. The van der Waals surface area contributed by atoms with E-state index in [0.717, 1.165) is 16.5 Å². The Morgan fingerprint density at radius 1 is 1.59 bits per heavy atom. The third-order valence-electron chi connectivity index (χ3n) is 2.65. The van der Waals surface area contributed by atoms with Gasteiger partial charge in [0.25, 0.3) is 0 Å². The minimum atomic E-state index is -0.420. The van der Waals surface area contributed by atoms with Crippen LogP contribution in [0.15, 0.2) is 4.34 Å². The highest BCUT2D eigenvalue weighted by Gasteiger charge is 2.66. The Morgan fingerprint density at radius 3 is 2.76 bits per heavy atom. The highest BCUT2D eigenvalue weighted by atomic mass is 79.9.